The van der Waals surface area contributed by atoms with Gasteiger partial charge in [0.25, 0.3) is 5.91 Å². The minimum Gasteiger partial charge on any atom is -0.453 e. The number of amides is 2. The van der Waals surface area contributed by atoms with Gasteiger partial charge < -0.3 is 15.0 Å². The molecule has 1 aliphatic rings. The average molecular weight is 341 g/mol. The van der Waals surface area contributed by atoms with Crippen molar-refractivity contribution < 1.29 is 14.3 Å². The van der Waals surface area contributed by atoms with E-state index in [9.17, 15) is 14.9 Å². The number of hydrogen-bond donors (Lipinski definition) is 1. The molecule has 1 aromatic heterocycles. The number of carbonyl (C=O) groups is 2. The molecule has 2 heterocycles. The Kier molecular flexibility index (Phi) is 4.49. The van der Waals surface area contributed by atoms with E-state index < -0.39 is 0 Å². The lowest BCUT2D eigenvalue weighted by molar-refractivity contribution is 0.102. The Morgan fingerprint density at radius 2 is 2.08 bits per heavy atom. The Hall–Kier alpha value is -2.85. The molecule has 122 valence electrons. The van der Waals surface area contributed by atoms with Crippen molar-refractivity contribution in [1.82, 2.24) is 4.90 Å². The maximum atomic E-state index is 12.3. The summed E-state index contributed by atoms with van der Waals surface area (Å²) in [6.07, 6.45) is 0.188. The molecule has 7 heteroatoms. The van der Waals surface area contributed by atoms with Crippen LogP contribution in [0.1, 0.15) is 26.4 Å². The van der Waals surface area contributed by atoms with E-state index in [4.69, 9.17) is 4.74 Å². The van der Waals surface area contributed by atoms with E-state index >= 15 is 0 Å². The van der Waals surface area contributed by atoms with Crippen LogP contribution in [0.2, 0.25) is 0 Å². The van der Waals surface area contributed by atoms with Gasteiger partial charge in [-0.15, -0.1) is 11.3 Å². The summed E-state index contributed by atoms with van der Waals surface area (Å²) in [4.78, 5) is 26.5. The van der Waals surface area contributed by atoms with Crippen molar-refractivity contribution in [2.45, 2.75) is 13.0 Å². The Morgan fingerprint density at radius 1 is 1.33 bits per heavy atom. The summed E-state index contributed by atoms with van der Waals surface area (Å²) in [6.45, 7) is 0.889. The fourth-order valence-corrected chi connectivity index (χ4v) is 3.87. The van der Waals surface area contributed by atoms with Gasteiger partial charge in [0, 0.05) is 17.0 Å². The Labute approximate surface area is 143 Å². The van der Waals surface area contributed by atoms with Crippen LogP contribution in [0.4, 0.5) is 9.80 Å². The molecule has 2 amide bonds. The standard InChI is InChI=1S/C17H15N3O3S/c1-23-17(22)20-8-7-12-13(9-18)16(24-14(12)10-20)19-15(21)11-5-3-2-4-6-11/h2-6H,7-8,10H2,1H3,(H,19,21). The molecule has 1 aromatic carbocycles. The smallest absolute Gasteiger partial charge is 0.409 e. The number of ether oxygens (including phenoxy) is 1. The number of carbonyl (C=O) groups excluding carboxylic acids is 2. The number of thiophene rings is 1. The maximum absolute atomic E-state index is 12.3. The molecule has 0 fully saturated rings. The number of methoxy groups -OCH3 is 1. The van der Waals surface area contributed by atoms with Crippen molar-refractivity contribution in [3.63, 3.8) is 0 Å². The van der Waals surface area contributed by atoms with Crippen LogP contribution in [-0.2, 0) is 17.7 Å². The number of rotatable bonds is 2. The van der Waals surface area contributed by atoms with Crippen LogP contribution in [0.15, 0.2) is 30.3 Å². The first-order valence-corrected chi connectivity index (χ1v) is 8.19. The first-order chi connectivity index (χ1) is 11.6. The van der Waals surface area contributed by atoms with E-state index in [0.717, 1.165) is 10.4 Å². The molecule has 0 saturated carbocycles. The highest BCUT2D eigenvalue weighted by Crippen LogP contribution is 2.37. The molecular weight excluding hydrogens is 326 g/mol. The maximum Gasteiger partial charge on any atom is 0.409 e. The third-order valence-electron chi connectivity index (χ3n) is 3.86. The van der Waals surface area contributed by atoms with Gasteiger partial charge in [-0.3, -0.25) is 4.79 Å². The van der Waals surface area contributed by atoms with Gasteiger partial charge in [0.15, 0.2) is 0 Å². The molecular formula is C17H15N3O3S. The molecule has 0 spiro atoms. The van der Waals surface area contributed by atoms with E-state index in [1.54, 1.807) is 29.2 Å². The fraction of sp³-hybridized carbons (Fsp3) is 0.235. The summed E-state index contributed by atoms with van der Waals surface area (Å²) in [5, 5.41) is 12.8. The van der Waals surface area contributed by atoms with Gasteiger partial charge in [-0.1, -0.05) is 18.2 Å². The number of fused-ring (bicyclic) bond motifs is 1. The minimum atomic E-state index is -0.387. The van der Waals surface area contributed by atoms with Gasteiger partial charge in [0.1, 0.15) is 11.1 Å². The highest BCUT2D eigenvalue weighted by atomic mass is 32.1. The predicted molar refractivity (Wildman–Crippen MR) is 89.9 cm³/mol. The van der Waals surface area contributed by atoms with Crippen molar-refractivity contribution >= 4 is 28.3 Å². The molecule has 2 aromatic rings. The van der Waals surface area contributed by atoms with E-state index in [2.05, 4.69) is 11.4 Å². The van der Waals surface area contributed by atoms with Crippen molar-refractivity contribution in [3.05, 3.63) is 51.9 Å². The molecule has 0 bridgehead atoms. The molecule has 0 unspecified atom stereocenters. The molecule has 0 atom stereocenters. The second kappa shape index (κ2) is 6.72. The highest BCUT2D eigenvalue weighted by Gasteiger charge is 2.27. The summed E-state index contributed by atoms with van der Waals surface area (Å²) >= 11 is 1.34. The topological polar surface area (TPSA) is 82.4 Å². The number of hydrogen-bond acceptors (Lipinski definition) is 5. The van der Waals surface area contributed by atoms with E-state index in [1.165, 1.54) is 18.4 Å². The SMILES string of the molecule is COC(=O)N1CCc2c(sc(NC(=O)c3ccccc3)c2C#N)C1. The van der Waals surface area contributed by atoms with Gasteiger partial charge in [0.05, 0.1) is 19.2 Å². The molecule has 1 N–H and O–H groups in total. The van der Waals surface area contributed by atoms with Crippen molar-refractivity contribution in [2.75, 3.05) is 19.0 Å². The second-order valence-corrected chi connectivity index (χ2v) is 6.39. The largest absolute Gasteiger partial charge is 0.453 e. The van der Waals surface area contributed by atoms with Crippen LogP contribution in [0.25, 0.3) is 0 Å². The van der Waals surface area contributed by atoms with E-state index in [0.29, 0.717) is 35.6 Å². The van der Waals surface area contributed by atoms with Crippen LogP contribution >= 0.6 is 11.3 Å². The van der Waals surface area contributed by atoms with Crippen LogP contribution < -0.4 is 5.32 Å². The minimum absolute atomic E-state index is 0.254. The summed E-state index contributed by atoms with van der Waals surface area (Å²) in [6, 6.07) is 11.0. The monoisotopic (exact) mass is 341 g/mol. The lowest BCUT2D eigenvalue weighted by Gasteiger charge is -2.25. The number of benzene rings is 1. The number of nitrogens with zero attached hydrogens (tertiary/aromatic N) is 2. The predicted octanol–water partition coefficient (Wildman–Crippen LogP) is 3.00. The van der Waals surface area contributed by atoms with E-state index in [1.807, 2.05) is 6.07 Å². The molecule has 1 aliphatic heterocycles. The van der Waals surface area contributed by atoms with Gasteiger partial charge >= 0.3 is 6.09 Å². The quantitative estimate of drug-likeness (QED) is 0.910. The molecule has 3 rings (SSSR count). The first-order valence-electron chi connectivity index (χ1n) is 7.38. The van der Waals surface area contributed by atoms with Crippen molar-refractivity contribution in [1.29, 1.82) is 5.26 Å². The number of nitriles is 1. The first kappa shape index (κ1) is 16.0. The average Bonchev–Trinajstić information content (AvgIpc) is 2.97. The lowest BCUT2D eigenvalue weighted by atomic mass is 10.0. The van der Waals surface area contributed by atoms with Crippen molar-refractivity contribution in [3.8, 4) is 6.07 Å². The third-order valence-corrected chi connectivity index (χ3v) is 5.00. The summed E-state index contributed by atoms with van der Waals surface area (Å²) in [5.74, 6) is -0.254. The normalized spacial score (nSPS) is 12.9. The van der Waals surface area contributed by atoms with Crippen molar-refractivity contribution in [2.24, 2.45) is 0 Å². The number of anilines is 1. The third kappa shape index (κ3) is 2.96. The number of nitrogens with one attached hydrogen (secondary N) is 1. The van der Waals surface area contributed by atoms with Crippen LogP contribution in [0, 0.1) is 11.3 Å². The van der Waals surface area contributed by atoms with Gasteiger partial charge in [-0.05, 0) is 24.1 Å². The summed E-state index contributed by atoms with van der Waals surface area (Å²) in [7, 11) is 1.35. The molecule has 0 saturated heterocycles. The van der Waals surface area contributed by atoms with Gasteiger partial charge in [0.2, 0.25) is 0 Å². The van der Waals surface area contributed by atoms with Crippen LogP contribution in [0.5, 0.6) is 0 Å². The molecule has 0 radical (unpaired) electrons. The molecule has 0 aliphatic carbocycles. The zero-order valence-corrected chi connectivity index (χ0v) is 13.9. The zero-order chi connectivity index (χ0) is 17.1. The molecule has 6 nitrogen and oxygen atoms in total. The van der Waals surface area contributed by atoms with Gasteiger partial charge in [-0.25, -0.2) is 4.79 Å². The fourth-order valence-electron chi connectivity index (χ4n) is 2.66. The highest BCUT2D eigenvalue weighted by molar-refractivity contribution is 7.16. The second-order valence-electron chi connectivity index (χ2n) is 5.28. The Bertz CT molecular complexity index is 824. The summed E-state index contributed by atoms with van der Waals surface area (Å²) in [5.41, 5.74) is 1.93. The van der Waals surface area contributed by atoms with E-state index in [-0.39, 0.29) is 12.0 Å². The van der Waals surface area contributed by atoms with Gasteiger partial charge in [-0.2, -0.15) is 5.26 Å². The molecule has 24 heavy (non-hydrogen) atoms. The van der Waals surface area contributed by atoms with Crippen LogP contribution in [-0.4, -0.2) is 30.6 Å². The Morgan fingerprint density at radius 3 is 2.75 bits per heavy atom. The summed E-state index contributed by atoms with van der Waals surface area (Å²) < 4.78 is 4.75. The zero-order valence-electron chi connectivity index (χ0n) is 13.0. The Balaban J connectivity index is 1.86. The lowest BCUT2D eigenvalue weighted by Crippen LogP contribution is -2.35. The van der Waals surface area contributed by atoms with Crippen LogP contribution in [0.3, 0.4) is 0 Å².